The molecular weight excluding hydrogens is 340 g/mol. The van der Waals surface area contributed by atoms with Crippen molar-refractivity contribution in [1.29, 1.82) is 0 Å². The van der Waals surface area contributed by atoms with E-state index in [-0.39, 0.29) is 17.1 Å². The zero-order valence-electron chi connectivity index (χ0n) is 13.8. The number of carbonyl (C=O) groups excluding carboxylic acids is 2. The number of primary amides is 2. The van der Waals surface area contributed by atoms with Gasteiger partial charge in [0.05, 0.1) is 10.6 Å². The van der Waals surface area contributed by atoms with Gasteiger partial charge in [0.15, 0.2) is 9.84 Å². The summed E-state index contributed by atoms with van der Waals surface area (Å²) in [6, 6.07) is 13.0. The van der Waals surface area contributed by atoms with Crippen molar-refractivity contribution >= 4 is 21.7 Å². The van der Waals surface area contributed by atoms with Crippen molar-refractivity contribution in [2.45, 2.75) is 24.2 Å². The zero-order valence-corrected chi connectivity index (χ0v) is 14.6. The van der Waals surface area contributed by atoms with Gasteiger partial charge < -0.3 is 11.5 Å². The SMILES string of the molecule is CCS(=O)(=O)c1ccc([C@@H](CC(N)=O)c2ccccc2C(N)=O)cc1. The highest BCUT2D eigenvalue weighted by molar-refractivity contribution is 7.91. The Bertz CT molecular complexity index is 890. The van der Waals surface area contributed by atoms with Crippen molar-refractivity contribution in [2.75, 3.05) is 5.75 Å². The van der Waals surface area contributed by atoms with Crippen LogP contribution in [0.2, 0.25) is 0 Å². The molecule has 0 fully saturated rings. The maximum absolute atomic E-state index is 11.9. The highest BCUT2D eigenvalue weighted by Crippen LogP contribution is 2.31. The molecule has 0 aliphatic heterocycles. The molecule has 2 aromatic rings. The summed E-state index contributed by atoms with van der Waals surface area (Å²) in [6.45, 7) is 1.57. The minimum absolute atomic E-state index is 0.00156. The molecule has 1 atom stereocenters. The molecular formula is C18H20N2O4S. The van der Waals surface area contributed by atoms with Crippen molar-refractivity contribution in [2.24, 2.45) is 11.5 Å². The molecule has 0 aromatic heterocycles. The highest BCUT2D eigenvalue weighted by atomic mass is 32.2. The van der Waals surface area contributed by atoms with Crippen LogP contribution in [0.1, 0.15) is 40.7 Å². The van der Waals surface area contributed by atoms with Crippen molar-refractivity contribution in [3.8, 4) is 0 Å². The molecule has 132 valence electrons. The van der Waals surface area contributed by atoms with E-state index in [1.165, 1.54) is 12.1 Å². The number of benzene rings is 2. The molecule has 6 nitrogen and oxygen atoms in total. The topological polar surface area (TPSA) is 120 Å². The first kappa shape index (κ1) is 18.7. The van der Waals surface area contributed by atoms with E-state index < -0.39 is 27.6 Å². The number of rotatable bonds is 7. The van der Waals surface area contributed by atoms with Crippen LogP contribution in [-0.2, 0) is 14.6 Å². The second-order valence-electron chi connectivity index (χ2n) is 5.65. The van der Waals surface area contributed by atoms with Crippen LogP contribution in [0, 0.1) is 0 Å². The Hall–Kier alpha value is -2.67. The van der Waals surface area contributed by atoms with Gasteiger partial charge in [-0.25, -0.2) is 8.42 Å². The average molecular weight is 360 g/mol. The summed E-state index contributed by atoms with van der Waals surface area (Å²) in [4.78, 5) is 23.4. The quantitative estimate of drug-likeness (QED) is 0.779. The lowest BCUT2D eigenvalue weighted by atomic mass is 9.85. The zero-order chi connectivity index (χ0) is 18.6. The second kappa shape index (κ2) is 7.48. The molecule has 0 bridgehead atoms. The minimum Gasteiger partial charge on any atom is -0.370 e. The standard InChI is InChI=1S/C18H20N2O4S/c1-2-25(23,24)13-9-7-12(8-10-13)16(11-17(19)21)14-5-3-4-6-15(14)18(20)22/h3-10,16H,2,11H2,1H3,(H2,19,21)(H2,20,22)/t16-/m1/s1. The van der Waals surface area contributed by atoms with Gasteiger partial charge in [0.2, 0.25) is 11.8 Å². The molecule has 0 aliphatic rings. The van der Waals surface area contributed by atoms with Crippen LogP contribution in [0.15, 0.2) is 53.4 Å². The molecule has 2 aromatic carbocycles. The van der Waals surface area contributed by atoms with E-state index in [0.29, 0.717) is 16.7 Å². The molecule has 0 radical (unpaired) electrons. The van der Waals surface area contributed by atoms with Crippen LogP contribution in [0.5, 0.6) is 0 Å². The predicted molar refractivity (Wildman–Crippen MR) is 94.8 cm³/mol. The van der Waals surface area contributed by atoms with Gasteiger partial charge >= 0.3 is 0 Å². The monoisotopic (exact) mass is 360 g/mol. The van der Waals surface area contributed by atoms with E-state index in [1.807, 2.05) is 0 Å². The van der Waals surface area contributed by atoms with Crippen LogP contribution < -0.4 is 11.5 Å². The summed E-state index contributed by atoms with van der Waals surface area (Å²) < 4.78 is 23.9. The fraction of sp³-hybridized carbons (Fsp3) is 0.222. The van der Waals surface area contributed by atoms with Gasteiger partial charge in [-0.05, 0) is 29.3 Å². The van der Waals surface area contributed by atoms with Crippen LogP contribution in [0.3, 0.4) is 0 Å². The maximum atomic E-state index is 11.9. The number of hydrogen-bond acceptors (Lipinski definition) is 4. The molecule has 0 unspecified atom stereocenters. The summed E-state index contributed by atoms with van der Waals surface area (Å²) in [7, 11) is -3.32. The Morgan fingerprint density at radius 1 is 1.00 bits per heavy atom. The van der Waals surface area contributed by atoms with E-state index in [2.05, 4.69) is 0 Å². The third kappa shape index (κ3) is 4.24. The molecule has 25 heavy (non-hydrogen) atoms. The molecule has 7 heteroatoms. The Kier molecular flexibility index (Phi) is 5.58. The third-order valence-electron chi connectivity index (χ3n) is 4.03. The summed E-state index contributed by atoms with van der Waals surface area (Å²) in [5.41, 5.74) is 12.4. The largest absolute Gasteiger partial charge is 0.370 e. The van der Waals surface area contributed by atoms with Crippen LogP contribution in [0.4, 0.5) is 0 Å². The highest BCUT2D eigenvalue weighted by Gasteiger charge is 2.22. The lowest BCUT2D eigenvalue weighted by Gasteiger charge is -2.19. The van der Waals surface area contributed by atoms with E-state index >= 15 is 0 Å². The first-order valence-corrected chi connectivity index (χ1v) is 9.41. The lowest BCUT2D eigenvalue weighted by Crippen LogP contribution is -2.20. The van der Waals surface area contributed by atoms with E-state index in [9.17, 15) is 18.0 Å². The maximum Gasteiger partial charge on any atom is 0.248 e. The molecule has 0 heterocycles. The van der Waals surface area contributed by atoms with Crippen molar-refractivity contribution in [3.63, 3.8) is 0 Å². The average Bonchev–Trinajstić information content (AvgIpc) is 2.59. The van der Waals surface area contributed by atoms with Gasteiger partial charge in [-0.1, -0.05) is 37.3 Å². The smallest absolute Gasteiger partial charge is 0.248 e. The summed E-state index contributed by atoms with van der Waals surface area (Å²) >= 11 is 0. The lowest BCUT2D eigenvalue weighted by molar-refractivity contribution is -0.118. The molecule has 0 spiro atoms. The molecule has 4 N–H and O–H groups in total. The van der Waals surface area contributed by atoms with Gasteiger partial charge in [-0.15, -0.1) is 0 Å². The minimum atomic E-state index is -3.32. The van der Waals surface area contributed by atoms with Gasteiger partial charge in [0, 0.05) is 17.9 Å². The van der Waals surface area contributed by atoms with Crippen molar-refractivity contribution in [1.82, 2.24) is 0 Å². The Morgan fingerprint density at radius 2 is 1.60 bits per heavy atom. The predicted octanol–water partition coefficient (Wildman–Crippen LogP) is 1.59. The van der Waals surface area contributed by atoms with Gasteiger partial charge in [-0.3, -0.25) is 9.59 Å². The second-order valence-corrected chi connectivity index (χ2v) is 7.93. The van der Waals surface area contributed by atoms with E-state index in [1.54, 1.807) is 43.3 Å². The Morgan fingerprint density at radius 3 is 2.12 bits per heavy atom. The first-order chi connectivity index (χ1) is 11.8. The normalized spacial score (nSPS) is 12.5. The van der Waals surface area contributed by atoms with Gasteiger partial charge in [0.25, 0.3) is 0 Å². The first-order valence-electron chi connectivity index (χ1n) is 7.76. The van der Waals surface area contributed by atoms with Crippen LogP contribution >= 0.6 is 0 Å². The Balaban J connectivity index is 2.53. The molecule has 0 saturated carbocycles. The van der Waals surface area contributed by atoms with Gasteiger partial charge in [0.1, 0.15) is 0 Å². The van der Waals surface area contributed by atoms with Crippen molar-refractivity contribution < 1.29 is 18.0 Å². The van der Waals surface area contributed by atoms with E-state index in [4.69, 9.17) is 11.5 Å². The third-order valence-corrected chi connectivity index (χ3v) is 5.78. The van der Waals surface area contributed by atoms with Crippen molar-refractivity contribution in [3.05, 3.63) is 65.2 Å². The van der Waals surface area contributed by atoms with Gasteiger partial charge in [-0.2, -0.15) is 0 Å². The fourth-order valence-corrected chi connectivity index (χ4v) is 3.59. The summed E-state index contributed by atoms with van der Waals surface area (Å²) in [6.07, 6.45) is -0.0236. The molecule has 0 aliphatic carbocycles. The molecule has 2 rings (SSSR count). The number of nitrogens with two attached hydrogens (primary N) is 2. The number of hydrogen-bond donors (Lipinski definition) is 2. The molecule has 2 amide bonds. The number of carbonyl (C=O) groups is 2. The summed E-state index contributed by atoms with van der Waals surface area (Å²) in [5, 5.41) is 0. The van der Waals surface area contributed by atoms with Crippen LogP contribution in [-0.4, -0.2) is 26.0 Å². The Labute approximate surface area is 146 Å². The van der Waals surface area contributed by atoms with E-state index in [0.717, 1.165) is 0 Å². The van der Waals surface area contributed by atoms with Crippen LogP contribution in [0.25, 0.3) is 0 Å². The number of amides is 2. The number of sulfone groups is 1. The molecule has 0 saturated heterocycles. The fourth-order valence-electron chi connectivity index (χ4n) is 2.71. The summed E-state index contributed by atoms with van der Waals surface area (Å²) in [5.74, 6) is -1.62.